The molecule has 3 aliphatic heterocycles. The molecule has 10 atom stereocenters. The van der Waals surface area contributed by atoms with E-state index in [4.69, 9.17) is 23.7 Å². The SMILES string of the molecule is CC(=O)OC[C@@]12[C@@H](OC(C)=O)C[C@@H](C)[C@](C)([C@@H]3C[C@H]4C=CO[C@H]4O3)[C@H]1CC[C@@H](O)[C@]21CO1. The van der Waals surface area contributed by atoms with Gasteiger partial charge in [-0.2, -0.15) is 0 Å². The molecule has 3 heterocycles. The van der Waals surface area contributed by atoms with E-state index in [9.17, 15) is 14.7 Å². The summed E-state index contributed by atoms with van der Waals surface area (Å²) in [6.07, 6.45) is 4.92. The molecule has 178 valence electrons. The average Bonchev–Trinajstić information content (AvgIpc) is 3.22. The summed E-state index contributed by atoms with van der Waals surface area (Å²) in [5, 5.41) is 11.1. The Balaban J connectivity index is 1.60. The molecule has 0 bridgehead atoms. The summed E-state index contributed by atoms with van der Waals surface area (Å²) in [6, 6.07) is 0. The van der Waals surface area contributed by atoms with Crippen molar-refractivity contribution in [3.8, 4) is 0 Å². The fourth-order valence-electron chi connectivity index (χ4n) is 7.49. The summed E-state index contributed by atoms with van der Waals surface area (Å²) in [5.74, 6) is -0.436. The van der Waals surface area contributed by atoms with Gasteiger partial charge in [0.1, 0.15) is 18.3 Å². The normalized spacial score (nSPS) is 51.0. The average molecular weight is 451 g/mol. The molecule has 8 nitrogen and oxygen atoms in total. The van der Waals surface area contributed by atoms with Gasteiger partial charge in [0, 0.05) is 25.2 Å². The van der Waals surface area contributed by atoms with Gasteiger partial charge in [-0.1, -0.05) is 13.8 Å². The summed E-state index contributed by atoms with van der Waals surface area (Å²) >= 11 is 0. The zero-order valence-corrected chi connectivity index (χ0v) is 19.2. The molecule has 2 saturated heterocycles. The van der Waals surface area contributed by atoms with Gasteiger partial charge in [-0.05, 0) is 43.6 Å². The van der Waals surface area contributed by atoms with Crippen molar-refractivity contribution in [1.82, 2.24) is 0 Å². The molecular formula is C24H34O8. The van der Waals surface area contributed by atoms with Gasteiger partial charge in [0.15, 0.2) is 0 Å². The minimum atomic E-state index is -0.891. The number of fused-ring (bicyclic) bond motifs is 3. The van der Waals surface area contributed by atoms with Crippen molar-refractivity contribution in [2.24, 2.45) is 28.6 Å². The van der Waals surface area contributed by atoms with Gasteiger partial charge < -0.3 is 28.8 Å². The van der Waals surface area contributed by atoms with E-state index in [-0.39, 0.29) is 48.1 Å². The molecule has 32 heavy (non-hydrogen) atoms. The van der Waals surface area contributed by atoms with Crippen molar-refractivity contribution in [3.63, 3.8) is 0 Å². The third-order valence-electron chi connectivity index (χ3n) is 9.28. The van der Waals surface area contributed by atoms with Crippen molar-refractivity contribution in [2.75, 3.05) is 13.2 Å². The zero-order chi connectivity index (χ0) is 22.9. The van der Waals surface area contributed by atoms with Crippen LogP contribution in [0, 0.1) is 28.6 Å². The fraction of sp³-hybridized carbons (Fsp3) is 0.833. The molecule has 0 radical (unpaired) electrons. The standard InChI is InChI=1S/C24H34O8/c1-13-9-20(31-15(3)26)23(11-29-14(2)25)17(5-6-18(27)24(23)12-30-24)22(13,4)19-10-16-7-8-28-21(16)32-19/h7-8,13,16-21,27H,5-6,9-12H2,1-4H3/t13-,16-,17-,18-,19+,20+,21+,22+,23+,24-/m1/s1. The summed E-state index contributed by atoms with van der Waals surface area (Å²) in [7, 11) is 0. The minimum Gasteiger partial charge on any atom is -0.472 e. The Morgan fingerprint density at radius 3 is 2.56 bits per heavy atom. The predicted octanol–water partition coefficient (Wildman–Crippen LogP) is 2.33. The highest BCUT2D eigenvalue weighted by Crippen LogP contribution is 2.70. The maximum absolute atomic E-state index is 12.2. The minimum absolute atomic E-state index is 0.0406. The molecule has 0 unspecified atom stereocenters. The first kappa shape index (κ1) is 22.2. The summed E-state index contributed by atoms with van der Waals surface area (Å²) < 4.78 is 29.7. The Morgan fingerprint density at radius 1 is 1.19 bits per heavy atom. The van der Waals surface area contributed by atoms with Crippen LogP contribution in [-0.2, 0) is 33.3 Å². The van der Waals surface area contributed by atoms with E-state index in [1.54, 1.807) is 6.26 Å². The number of esters is 2. The monoisotopic (exact) mass is 450 g/mol. The topological polar surface area (TPSA) is 104 Å². The number of rotatable bonds is 4. The van der Waals surface area contributed by atoms with Gasteiger partial charge in [0.25, 0.3) is 0 Å². The molecule has 1 N–H and O–H groups in total. The molecular weight excluding hydrogens is 416 g/mol. The smallest absolute Gasteiger partial charge is 0.302 e. The van der Waals surface area contributed by atoms with Crippen LogP contribution in [-0.4, -0.2) is 60.5 Å². The van der Waals surface area contributed by atoms with Crippen molar-refractivity contribution < 1.29 is 38.4 Å². The molecule has 1 spiro atoms. The number of aliphatic hydroxyl groups is 1. The van der Waals surface area contributed by atoms with E-state index in [2.05, 4.69) is 19.9 Å². The maximum Gasteiger partial charge on any atom is 0.302 e. The van der Waals surface area contributed by atoms with Crippen molar-refractivity contribution in [1.29, 1.82) is 0 Å². The molecule has 0 aromatic rings. The summed E-state index contributed by atoms with van der Waals surface area (Å²) in [5.41, 5.74) is -2.05. The van der Waals surface area contributed by atoms with E-state index >= 15 is 0 Å². The highest BCUT2D eigenvalue weighted by atomic mass is 16.7. The largest absolute Gasteiger partial charge is 0.472 e. The van der Waals surface area contributed by atoms with Gasteiger partial charge in [0.05, 0.1) is 30.5 Å². The van der Waals surface area contributed by atoms with Gasteiger partial charge in [-0.15, -0.1) is 0 Å². The number of carbonyl (C=O) groups is 2. The van der Waals surface area contributed by atoms with Gasteiger partial charge in [-0.3, -0.25) is 9.59 Å². The molecule has 0 amide bonds. The Morgan fingerprint density at radius 2 is 1.94 bits per heavy atom. The molecule has 0 aromatic carbocycles. The zero-order valence-electron chi connectivity index (χ0n) is 19.2. The third-order valence-corrected chi connectivity index (χ3v) is 9.28. The number of epoxide rings is 1. The predicted molar refractivity (Wildman–Crippen MR) is 111 cm³/mol. The lowest BCUT2D eigenvalue weighted by atomic mass is 9.42. The number of carbonyl (C=O) groups excluding carboxylic acids is 2. The van der Waals surface area contributed by atoms with E-state index in [1.165, 1.54) is 13.8 Å². The van der Waals surface area contributed by atoms with Crippen molar-refractivity contribution in [3.05, 3.63) is 12.3 Å². The van der Waals surface area contributed by atoms with Crippen LogP contribution < -0.4 is 0 Å². The van der Waals surface area contributed by atoms with Gasteiger partial charge in [-0.25, -0.2) is 0 Å². The van der Waals surface area contributed by atoms with Crippen LogP contribution in [0.15, 0.2) is 12.3 Å². The molecule has 2 saturated carbocycles. The molecule has 2 aliphatic carbocycles. The molecule has 4 fully saturated rings. The van der Waals surface area contributed by atoms with Crippen LogP contribution in [0.3, 0.4) is 0 Å². The maximum atomic E-state index is 12.2. The number of hydrogen-bond donors (Lipinski definition) is 1. The highest BCUT2D eigenvalue weighted by Gasteiger charge is 2.79. The second-order valence-corrected chi connectivity index (χ2v) is 10.6. The van der Waals surface area contributed by atoms with E-state index in [0.29, 0.717) is 25.9 Å². The fourth-order valence-corrected chi connectivity index (χ4v) is 7.49. The Hall–Kier alpha value is -1.64. The second-order valence-electron chi connectivity index (χ2n) is 10.6. The number of hydrogen-bond acceptors (Lipinski definition) is 8. The molecule has 5 aliphatic rings. The van der Waals surface area contributed by atoms with Crippen molar-refractivity contribution in [2.45, 2.75) is 83.6 Å². The quantitative estimate of drug-likeness (QED) is 0.514. The Bertz CT molecular complexity index is 821. The molecule has 8 heteroatoms. The van der Waals surface area contributed by atoms with E-state index < -0.39 is 29.2 Å². The van der Waals surface area contributed by atoms with Crippen molar-refractivity contribution >= 4 is 11.9 Å². The van der Waals surface area contributed by atoms with Crippen LogP contribution in [0.4, 0.5) is 0 Å². The lowest BCUT2D eigenvalue weighted by Crippen LogP contribution is -2.71. The third kappa shape index (κ3) is 2.91. The van der Waals surface area contributed by atoms with Gasteiger partial charge >= 0.3 is 11.9 Å². The van der Waals surface area contributed by atoms with Crippen LogP contribution in [0.25, 0.3) is 0 Å². The molecule has 0 aromatic heterocycles. The van der Waals surface area contributed by atoms with E-state index in [0.717, 1.165) is 6.42 Å². The summed E-state index contributed by atoms with van der Waals surface area (Å²) in [4.78, 5) is 24.1. The Kier molecular flexibility index (Phi) is 5.15. The number of aliphatic hydroxyl groups excluding tert-OH is 1. The molecule has 5 rings (SSSR count). The van der Waals surface area contributed by atoms with Crippen LogP contribution in [0.1, 0.15) is 53.4 Å². The first-order valence-corrected chi connectivity index (χ1v) is 11.8. The highest BCUT2D eigenvalue weighted by molar-refractivity contribution is 5.67. The first-order valence-electron chi connectivity index (χ1n) is 11.8. The van der Waals surface area contributed by atoms with E-state index in [1.807, 2.05) is 0 Å². The van der Waals surface area contributed by atoms with Crippen LogP contribution in [0.5, 0.6) is 0 Å². The van der Waals surface area contributed by atoms with Gasteiger partial charge in [0.2, 0.25) is 6.29 Å². The lowest BCUT2D eigenvalue weighted by molar-refractivity contribution is -0.267. The second kappa shape index (κ2) is 7.43. The lowest BCUT2D eigenvalue weighted by Gasteiger charge is -2.64. The van der Waals surface area contributed by atoms with Crippen LogP contribution >= 0.6 is 0 Å². The summed E-state index contributed by atoms with van der Waals surface area (Å²) in [6.45, 7) is 7.61. The first-order chi connectivity index (χ1) is 15.1. The Labute approximate surface area is 188 Å². The number of ether oxygens (including phenoxy) is 5. The van der Waals surface area contributed by atoms with Crippen LogP contribution in [0.2, 0.25) is 0 Å².